The first kappa shape index (κ1) is 59.4. The topological polar surface area (TPSA) is 77.3 Å². The molecule has 6 heteroatoms. The van der Waals surface area contributed by atoms with E-state index in [0.29, 0.717) is 11.6 Å². The highest BCUT2D eigenvalue weighted by Crippen LogP contribution is 2.54. The molecule has 0 saturated carbocycles. The van der Waals surface area contributed by atoms with Gasteiger partial charge in [0.05, 0.1) is 22.8 Å². The molecule has 0 aliphatic heterocycles. The van der Waals surface area contributed by atoms with Gasteiger partial charge in [0, 0.05) is 69.0 Å². The summed E-state index contributed by atoms with van der Waals surface area (Å²) in [5, 5.41) is 5.25. The van der Waals surface area contributed by atoms with Crippen molar-refractivity contribution in [2.24, 2.45) is 0 Å². The van der Waals surface area contributed by atoms with Gasteiger partial charge >= 0.3 is 0 Å². The lowest BCUT2D eigenvalue weighted by Crippen LogP contribution is -2.15. The minimum Gasteiger partial charge on any atom is -0.264 e. The molecular weight excluding hydrogens is 1190 g/mol. The zero-order valence-corrected chi connectivity index (χ0v) is 54.9. The van der Waals surface area contributed by atoms with E-state index in [1.807, 2.05) is 60.9 Å². The Kier molecular flexibility index (Phi) is 14.8. The molecule has 0 bridgehead atoms. The fraction of sp³-hybridized carbons (Fsp3) is 0.0652. The Labute approximate surface area is 571 Å². The standard InChI is InChI=1S/2C46H33N3/c1-46(2)41-27-36(23-24-39(41)40-25-22-32-9-6-7-13-38(32)44(40)46)30-14-18-34(19-15-30)43-28-42(33-10-4-3-5-11-33)48-45(49-43)35-20-16-31(17-21-35)37-12-8-26-47-29-37;1-46(2)40-25-23-32-9-6-7-13-38(32)44(40)39-24-22-36(27-41(39)46)30-14-18-34(19-15-30)43-28-42(33-10-4-3-5-11-33)48-45(49-43)35-20-16-31(17-21-35)37-12-8-26-47-29-37/h2*3-29H,1-2H3. The van der Waals surface area contributed by atoms with Gasteiger partial charge in [-0.2, -0.15) is 0 Å². The van der Waals surface area contributed by atoms with Crippen molar-refractivity contribution < 1.29 is 0 Å². The van der Waals surface area contributed by atoms with Crippen LogP contribution in [0.15, 0.2) is 328 Å². The second-order valence-corrected chi connectivity index (χ2v) is 26.6. The van der Waals surface area contributed by atoms with Crippen molar-refractivity contribution in [2.75, 3.05) is 0 Å². The van der Waals surface area contributed by atoms with Gasteiger partial charge in [-0.15, -0.1) is 0 Å². The molecule has 12 aromatic carbocycles. The Balaban J connectivity index is 0.000000147. The summed E-state index contributed by atoms with van der Waals surface area (Å²) in [7, 11) is 0. The summed E-state index contributed by atoms with van der Waals surface area (Å²) in [5.41, 5.74) is 29.7. The van der Waals surface area contributed by atoms with Crippen molar-refractivity contribution in [1.29, 1.82) is 0 Å². The maximum absolute atomic E-state index is 5.09. The molecule has 0 radical (unpaired) electrons. The predicted molar refractivity (Wildman–Crippen MR) is 404 cm³/mol. The largest absolute Gasteiger partial charge is 0.264 e. The third-order valence-corrected chi connectivity index (χ3v) is 20.0. The van der Waals surface area contributed by atoms with E-state index in [1.165, 1.54) is 88.3 Å². The molecule has 0 N–H and O–H groups in total. The van der Waals surface area contributed by atoms with Gasteiger partial charge in [0.2, 0.25) is 0 Å². The van der Waals surface area contributed by atoms with E-state index < -0.39 is 0 Å². The molecule has 0 atom stereocenters. The fourth-order valence-electron chi connectivity index (χ4n) is 14.8. The lowest BCUT2D eigenvalue weighted by Gasteiger charge is -2.23. The number of hydrogen-bond acceptors (Lipinski definition) is 6. The molecule has 16 aromatic rings. The lowest BCUT2D eigenvalue weighted by atomic mass is 9.79. The SMILES string of the molecule is CC1(C)c2cc(-c3ccc(-c4cc(-c5ccccc5)nc(-c5ccc(-c6cccnc6)cc5)n4)cc3)ccc2-c2c1ccc1ccccc21.CC1(C)c2cc(-c3ccc(-c4cc(-c5ccccc5)nc(-c5ccc(-c6cccnc6)cc5)n4)cc3)ccc2-c2ccc3ccccc3c21. The van der Waals surface area contributed by atoms with Crippen LogP contribution < -0.4 is 0 Å². The molecule has 0 spiro atoms. The van der Waals surface area contributed by atoms with Crippen LogP contribution in [0, 0.1) is 0 Å². The average Bonchev–Trinajstić information content (AvgIpc) is 1.57. The van der Waals surface area contributed by atoms with Gasteiger partial charge in [-0.1, -0.05) is 295 Å². The second kappa shape index (κ2) is 24.4. The van der Waals surface area contributed by atoms with E-state index in [-0.39, 0.29) is 10.8 Å². The van der Waals surface area contributed by atoms with Crippen LogP contribution >= 0.6 is 0 Å². The Bertz CT molecular complexity index is 5680. The van der Waals surface area contributed by atoms with Crippen LogP contribution in [0.25, 0.3) is 156 Å². The van der Waals surface area contributed by atoms with Crippen molar-refractivity contribution in [3.05, 3.63) is 350 Å². The maximum atomic E-state index is 5.09. The van der Waals surface area contributed by atoms with Crippen LogP contribution in [0.2, 0.25) is 0 Å². The molecule has 4 heterocycles. The highest BCUT2D eigenvalue weighted by Gasteiger charge is 2.38. The number of rotatable bonds is 10. The summed E-state index contributed by atoms with van der Waals surface area (Å²) in [6.07, 6.45) is 7.35. The second-order valence-electron chi connectivity index (χ2n) is 26.6. The summed E-state index contributed by atoms with van der Waals surface area (Å²) < 4.78 is 0. The van der Waals surface area contributed by atoms with Crippen LogP contribution in [0.4, 0.5) is 0 Å². The number of nitrogens with zero attached hydrogens (tertiary/aromatic N) is 6. The van der Waals surface area contributed by atoms with Crippen LogP contribution in [0.3, 0.4) is 0 Å². The summed E-state index contributed by atoms with van der Waals surface area (Å²) in [6.45, 7) is 9.42. The van der Waals surface area contributed by atoms with E-state index in [4.69, 9.17) is 19.9 Å². The molecule has 98 heavy (non-hydrogen) atoms. The number of aromatic nitrogens is 6. The summed E-state index contributed by atoms with van der Waals surface area (Å²) >= 11 is 0. The minimum absolute atomic E-state index is 0.0773. The lowest BCUT2D eigenvalue weighted by molar-refractivity contribution is 0.661. The van der Waals surface area contributed by atoms with Gasteiger partial charge in [-0.3, -0.25) is 9.97 Å². The first-order chi connectivity index (χ1) is 48.1. The van der Waals surface area contributed by atoms with Crippen molar-refractivity contribution in [3.8, 4) is 135 Å². The quantitative estimate of drug-likeness (QED) is 0.136. The first-order valence-corrected chi connectivity index (χ1v) is 33.5. The molecule has 4 aromatic heterocycles. The minimum atomic E-state index is -0.0944. The Hall–Kier alpha value is -12.4. The molecule has 2 aliphatic rings. The van der Waals surface area contributed by atoms with E-state index in [0.717, 1.165) is 78.4 Å². The summed E-state index contributed by atoms with van der Waals surface area (Å²) in [5.74, 6) is 1.40. The third kappa shape index (κ3) is 10.8. The molecule has 0 fully saturated rings. The molecule has 464 valence electrons. The van der Waals surface area contributed by atoms with Crippen LogP contribution in [0.1, 0.15) is 49.9 Å². The average molecular weight is 1260 g/mol. The van der Waals surface area contributed by atoms with Crippen molar-refractivity contribution in [2.45, 2.75) is 38.5 Å². The summed E-state index contributed by atoms with van der Waals surface area (Å²) in [4.78, 5) is 28.8. The number of fused-ring (bicyclic) bond motifs is 10. The highest BCUT2D eigenvalue weighted by molar-refractivity contribution is 6.03. The van der Waals surface area contributed by atoms with Gasteiger partial charge in [-0.05, 0) is 147 Å². The van der Waals surface area contributed by atoms with E-state index >= 15 is 0 Å². The molecule has 0 amide bonds. The van der Waals surface area contributed by atoms with Gasteiger partial charge in [0.1, 0.15) is 0 Å². The number of hydrogen-bond donors (Lipinski definition) is 0. The zero-order chi connectivity index (χ0) is 65.9. The highest BCUT2D eigenvalue weighted by atomic mass is 14.9. The molecular formula is C92H66N6. The van der Waals surface area contributed by atoms with Gasteiger partial charge in [-0.25, -0.2) is 19.9 Å². The van der Waals surface area contributed by atoms with E-state index in [1.54, 1.807) is 12.4 Å². The Morgan fingerprint density at radius 1 is 0.235 bits per heavy atom. The molecule has 0 unspecified atom stereocenters. The van der Waals surface area contributed by atoms with E-state index in [2.05, 4.69) is 292 Å². The zero-order valence-electron chi connectivity index (χ0n) is 54.9. The third-order valence-electron chi connectivity index (χ3n) is 20.0. The molecule has 2 aliphatic carbocycles. The van der Waals surface area contributed by atoms with Gasteiger partial charge in [0.15, 0.2) is 11.6 Å². The smallest absolute Gasteiger partial charge is 0.160 e. The van der Waals surface area contributed by atoms with Crippen LogP contribution in [-0.4, -0.2) is 29.9 Å². The van der Waals surface area contributed by atoms with Gasteiger partial charge in [0.25, 0.3) is 0 Å². The molecule has 18 rings (SSSR count). The Morgan fingerprint density at radius 3 is 1.07 bits per heavy atom. The predicted octanol–water partition coefficient (Wildman–Crippen LogP) is 23.3. The van der Waals surface area contributed by atoms with Gasteiger partial charge < -0.3 is 0 Å². The Morgan fingerprint density at radius 2 is 0.592 bits per heavy atom. The van der Waals surface area contributed by atoms with E-state index in [9.17, 15) is 0 Å². The molecule has 6 nitrogen and oxygen atoms in total. The first-order valence-electron chi connectivity index (χ1n) is 33.5. The normalized spacial score (nSPS) is 12.9. The number of benzene rings is 12. The van der Waals surface area contributed by atoms with Crippen molar-refractivity contribution in [3.63, 3.8) is 0 Å². The summed E-state index contributed by atoms with van der Waals surface area (Å²) in [6, 6.07) is 108. The van der Waals surface area contributed by atoms with Crippen molar-refractivity contribution >= 4 is 21.5 Å². The molecule has 0 saturated heterocycles. The number of pyridine rings is 2. The maximum Gasteiger partial charge on any atom is 0.160 e. The van der Waals surface area contributed by atoms with Crippen molar-refractivity contribution in [1.82, 2.24) is 29.9 Å². The monoisotopic (exact) mass is 1250 g/mol. The van der Waals surface area contributed by atoms with Crippen LogP contribution in [0.5, 0.6) is 0 Å². The van der Waals surface area contributed by atoms with Crippen LogP contribution in [-0.2, 0) is 10.8 Å². The fourth-order valence-corrected chi connectivity index (χ4v) is 14.8.